The largest absolute Gasteiger partial charge is 0.379 e. The zero-order valence-electron chi connectivity index (χ0n) is 9.83. The molecule has 0 unspecified atom stereocenters. The quantitative estimate of drug-likeness (QED) is 0.659. The first-order valence-corrected chi connectivity index (χ1v) is 5.40. The fourth-order valence-corrected chi connectivity index (χ4v) is 1.52. The molecule has 0 bridgehead atoms. The summed E-state index contributed by atoms with van der Waals surface area (Å²) in [5.74, 6) is 0. The topological polar surface area (TPSA) is 81.0 Å². The Morgan fingerprint density at radius 2 is 2.22 bits per heavy atom. The normalized spacial score (nSPS) is 10.1. The van der Waals surface area contributed by atoms with Gasteiger partial charge in [-0.25, -0.2) is 9.97 Å². The van der Waals surface area contributed by atoms with Gasteiger partial charge in [-0.3, -0.25) is 10.1 Å². The smallest absolute Gasteiger partial charge is 0.271 e. The summed E-state index contributed by atoms with van der Waals surface area (Å²) in [6.07, 6.45) is 3.13. The molecule has 6 nitrogen and oxygen atoms in total. The van der Waals surface area contributed by atoms with E-state index in [9.17, 15) is 10.1 Å². The van der Waals surface area contributed by atoms with Crippen LogP contribution in [0.2, 0.25) is 0 Å². The van der Waals surface area contributed by atoms with Crippen LogP contribution in [-0.2, 0) is 6.54 Å². The van der Waals surface area contributed by atoms with Crippen molar-refractivity contribution in [3.63, 3.8) is 0 Å². The molecular weight excluding hydrogens is 232 g/mol. The average Bonchev–Trinajstić information content (AvgIpc) is 2.38. The molecule has 0 aliphatic carbocycles. The van der Waals surface area contributed by atoms with Crippen molar-refractivity contribution < 1.29 is 4.92 Å². The van der Waals surface area contributed by atoms with Crippen LogP contribution in [0.15, 0.2) is 36.8 Å². The number of nitro benzene ring substituents is 1. The Hall–Kier alpha value is -2.50. The fraction of sp³-hybridized carbons (Fsp3) is 0.167. The third-order valence-corrected chi connectivity index (χ3v) is 2.54. The maximum absolute atomic E-state index is 10.7. The van der Waals surface area contributed by atoms with Crippen molar-refractivity contribution in [3.8, 4) is 0 Å². The third kappa shape index (κ3) is 2.79. The highest BCUT2D eigenvalue weighted by molar-refractivity contribution is 5.56. The van der Waals surface area contributed by atoms with E-state index in [2.05, 4.69) is 15.3 Å². The predicted octanol–water partition coefficient (Wildman–Crippen LogP) is 2.31. The molecule has 2 aromatic rings. The Labute approximate surface area is 104 Å². The number of anilines is 1. The van der Waals surface area contributed by atoms with Crippen LogP contribution in [0.1, 0.15) is 11.3 Å². The van der Waals surface area contributed by atoms with E-state index in [4.69, 9.17) is 0 Å². The molecule has 0 radical (unpaired) electrons. The summed E-state index contributed by atoms with van der Waals surface area (Å²) in [5, 5.41) is 13.8. The minimum atomic E-state index is -0.407. The standard InChI is InChI=1S/C12H12N4O2/c1-9-2-3-11(16(17)18)6-12(9)14-7-10-4-5-13-8-15-10/h2-6,8,14H,7H2,1H3. The SMILES string of the molecule is Cc1ccc([N+](=O)[O-])cc1NCc1ccncn1. The highest BCUT2D eigenvalue weighted by atomic mass is 16.6. The number of nitro groups is 1. The summed E-state index contributed by atoms with van der Waals surface area (Å²) < 4.78 is 0. The van der Waals surface area contributed by atoms with Crippen LogP contribution in [0.25, 0.3) is 0 Å². The number of aryl methyl sites for hydroxylation is 1. The third-order valence-electron chi connectivity index (χ3n) is 2.54. The minimum Gasteiger partial charge on any atom is -0.379 e. The van der Waals surface area contributed by atoms with E-state index in [1.54, 1.807) is 18.3 Å². The van der Waals surface area contributed by atoms with E-state index in [0.29, 0.717) is 6.54 Å². The lowest BCUT2D eigenvalue weighted by Crippen LogP contribution is -2.03. The van der Waals surface area contributed by atoms with Crippen molar-refractivity contribution in [1.82, 2.24) is 9.97 Å². The van der Waals surface area contributed by atoms with Gasteiger partial charge in [0, 0.05) is 24.0 Å². The Morgan fingerprint density at radius 1 is 1.39 bits per heavy atom. The first kappa shape index (κ1) is 12.0. The molecule has 0 saturated carbocycles. The molecule has 1 aromatic carbocycles. The van der Waals surface area contributed by atoms with Gasteiger partial charge in [0.1, 0.15) is 6.33 Å². The van der Waals surface area contributed by atoms with E-state index in [-0.39, 0.29) is 5.69 Å². The molecule has 0 aliphatic rings. The molecular formula is C12H12N4O2. The summed E-state index contributed by atoms with van der Waals surface area (Å²) in [5.41, 5.74) is 2.60. The van der Waals surface area contributed by atoms with Gasteiger partial charge < -0.3 is 5.32 Å². The first-order valence-electron chi connectivity index (χ1n) is 5.40. The molecule has 1 aromatic heterocycles. The van der Waals surface area contributed by atoms with Crippen LogP contribution in [0, 0.1) is 17.0 Å². The molecule has 1 heterocycles. The van der Waals surface area contributed by atoms with Gasteiger partial charge in [-0.15, -0.1) is 0 Å². The van der Waals surface area contributed by atoms with Gasteiger partial charge in [0.25, 0.3) is 5.69 Å². The van der Waals surface area contributed by atoms with E-state index >= 15 is 0 Å². The molecule has 0 amide bonds. The number of hydrogen-bond acceptors (Lipinski definition) is 5. The molecule has 1 N–H and O–H groups in total. The van der Waals surface area contributed by atoms with Crippen LogP contribution in [0.3, 0.4) is 0 Å². The van der Waals surface area contributed by atoms with E-state index in [1.807, 2.05) is 6.92 Å². The minimum absolute atomic E-state index is 0.0748. The summed E-state index contributed by atoms with van der Waals surface area (Å²) in [6.45, 7) is 2.40. The van der Waals surface area contributed by atoms with Crippen molar-refractivity contribution in [2.24, 2.45) is 0 Å². The highest BCUT2D eigenvalue weighted by Gasteiger charge is 2.08. The van der Waals surface area contributed by atoms with Crippen LogP contribution in [0.4, 0.5) is 11.4 Å². The lowest BCUT2D eigenvalue weighted by Gasteiger charge is -2.08. The number of non-ortho nitro benzene ring substituents is 1. The molecule has 92 valence electrons. The number of benzene rings is 1. The maximum Gasteiger partial charge on any atom is 0.271 e. The van der Waals surface area contributed by atoms with E-state index in [0.717, 1.165) is 16.9 Å². The van der Waals surface area contributed by atoms with Gasteiger partial charge in [-0.2, -0.15) is 0 Å². The number of rotatable bonds is 4. The Balaban J connectivity index is 2.14. The monoisotopic (exact) mass is 244 g/mol. The maximum atomic E-state index is 10.7. The zero-order chi connectivity index (χ0) is 13.0. The molecule has 0 spiro atoms. The molecule has 6 heteroatoms. The Morgan fingerprint density at radius 3 is 2.89 bits per heavy atom. The number of nitrogens with zero attached hydrogens (tertiary/aromatic N) is 3. The predicted molar refractivity (Wildman–Crippen MR) is 67.2 cm³/mol. The highest BCUT2D eigenvalue weighted by Crippen LogP contribution is 2.22. The molecule has 0 aliphatic heterocycles. The summed E-state index contributed by atoms with van der Waals surface area (Å²) in [4.78, 5) is 18.2. The number of hydrogen-bond donors (Lipinski definition) is 1. The molecule has 0 fully saturated rings. The summed E-state index contributed by atoms with van der Waals surface area (Å²) in [7, 11) is 0. The lowest BCUT2D eigenvalue weighted by atomic mass is 10.2. The van der Waals surface area contributed by atoms with Gasteiger partial charge in [-0.1, -0.05) is 6.07 Å². The van der Waals surface area contributed by atoms with Crippen molar-refractivity contribution in [1.29, 1.82) is 0 Å². The van der Waals surface area contributed by atoms with Crippen molar-refractivity contribution in [3.05, 3.63) is 58.2 Å². The second-order valence-electron chi connectivity index (χ2n) is 3.81. The average molecular weight is 244 g/mol. The Bertz CT molecular complexity index is 557. The fourth-order valence-electron chi connectivity index (χ4n) is 1.52. The van der Waals surface area contributed by atoms with Crippen molar-refractivity contribution >= 4 is 11.4 Å². The lowest BCUT2D eigenvalue weighted by molar-refractivity contribution is -0.384. The van der Waals surface area contributed by atoms with Crippen LogP contribution in [-0.4, -0.2) is 14.9 Å². The van der Waals surface area contributed by atoms with Gasteiger partial charge in [0.05, 0.1) is 17.2 Å². The molecule has 0 saturated heterocycles. The van der Waals surface area contributed by atoms with Crippen LogP contribution < -0.4 is 5.32 Å². The Kier molecular flexibility index (Phi) is 3.47. The van der Waals surface area contributed by atoms with Gasteiger partial charge in [-0.05, 0) is 18.6 Å². The van der Waals surface area contributed by atoms with Gasteiger partial charge >= 0.3 is 0 Å². The van der Waals surface area contributed by atoms with E-state index < -0.39 is 4.92 Å². The number of nitrogens with one attached hydrogen (secondary N) is 1. The van der Waals surface area contributed by atoms with Gasteiger partial charge in [0.15, 0.2) is 0 Å². The van der Waals surface area contributed by atoms with Gasteiger partial charge in [0.2, 0.25) is 0 Å². The summed E-state index contributed by atoms with van der Waals surface area (Å²) >= 11 is 0. The van der Waals surface area contributed by atoms with Crippen LogP contribution in [0.5, 0.6) is 0 Å². The molecule has 0 atom stereocenters. The number of aromatic nitrogens is 2. The van der Waals surface area contributed by atoms with Crippen LogP contribution >= 0.6 is 0 Å². The van der Waals surface area contributed by atoms with E-state index in [1.165, 1.54) is 18.5 Å². The zero-order valence-corrected chi connectivity index (χ0v) is 9.83. The first-order chi connectivity index (χ1) is 8.66. The van der Waals surface area contributed by atoms with Crippen molar-refractivity contribution in [2.75, 3.05) is 5.32 Å². The van der Waals surface area contributed by atoms with Crippen molar-refractivity contribution in [2.45, 2.75) is 13.5 Å². The second-order valence-corrected chi connectivity index (χ2v) is 3.81. The molecule has 2 rings (SSSR count). The second kappa shape index (κ2) is 5.22. The molecule has 18 heavy (non-hydrogen) atoms. The summed E-state index contributed by atoms with van der Waals surface area (Å²) in [6, 6.07) is 6.53.